The summed E-state index contributed by atoms with van der Waals surface area (Å²) in [4.78, 5) is 24.3. The van der Waals surface area contributed by atoms with Gasteiger partial charge in [-0.05, 0) is 24.3 Å². The number of halogens is 1. The van der Waals surface area contributed by atoms with Gasteiger partial charge in [0.05, 0.1) is 17.3 Å². The van der Waals surface area contributed by atoms with Gasteiger partial charge in [-0.15, -0.1) is 0 Å². The molecule has 0 spiro atoms. The van der Waals surface area contributed by atoms with Crippen molar-refractivity contribution in [3.8, 4) is 0 Å². The molecule has 21 heavy (non-hydrogen) atoms. The fraction of sp³-hybridized carbons (Fsp3) is 0.0667. The Labute approximate surface area is 118 Å². The van der Waals surface area contributed by atoms with Crippen molar-refractivity contribution in [2.75, 3.05) is 5.73 Å². The number of nitrogens with zero attached hydrogens (tertiary/aromatic N) is 1. The van der Waals surface area contributed by atoms with Crippen LogP contribution in [0.1, 0.15) is 5.56 Å². The van der Waals surface area contributed by atoms with E-state index in [1.54, 1.807) is 30.3 Å². The highest BCUT2D eigenvalue weighted by atomic mass is 19.1. The van der Waals surface area contributed by atoms with E-state index in [-0.39, 0.29) is 23.2 Å². The fourth-order valence-electron chi connectivity index (χ4n) is 2.22. The monoisotopic (exact) mass is 285 g/mol. The van der Waals surface area contributed by atoms with Crippen LogP contribution in [-0.4, -0.2) is 9.78 Å². The molecule has 0 bridgehead atoms. The lowest BCUT2D eigenvalue weighted by Crippen LogP contribution is -2.30. The van der Waals surface area contributed by atoms with Crippen molar-refractivity contribution in [3.63, 3.8) is 0 Å². The van der Waals surface area contributed by atoms with E-state index in [1.165, 1.54) is 12.1 Å². The van der Waals surface area contributed by atoms with Crippen LogP contribution >= 0.6 is 0 Å². The molecule has 3 N–H and O–H groups in total. The molecule has 0 aliphatic carbocycles. The topological polar surface area (TPSA) is 80.9 Å². The lowest BCUT2D eigenvalue weighted by Gasteiger charge is -2.08. The molecule has 1 aromatic heterocycles. The van der Waals surface area contributed by atoms with Crippen LogP contribution in [-0.2, 0) is 6.54 Å². The maximum Gasteiger partial charge on any atom is 0.273 e. The second-order valence-corrected chi connectivity index (χ2v) is 4.73. The number of benzene rings is 2. The number of hydrogen-bond donors (Lipinski definition) is 2. The van der Waals surface area contributed by atoms with E-state index < -0.39 is 5.82 Å². The van der Waals surface area contributed by atoms with Crippen molar-refractivity contribution >= 4 is 16.5 Å². The third kappa shape index (κ3) is 2.31. The predicted molar refractivity (Wildman–Crippen MR) is 78.7 cm³/mol. The van der Waals surface area contributed by atoms with Gasteiger partial charge in [0.25, 0.3) is 11.1 Å². The molecule has 0 saturated carbocycles. The summed E-state index contributed by atoms with van der Waals surface area (Å²) in [5.74, 6) is -0.518. The number of hydrogen-bond acceptors (Lipinski definition) is 3. The molecule has 0 atom stereocenters. The van der Waals surface area contributed by atoms with Crippen LogP contribution in [0, 0.1) is 5.82 Å². The quantitative estimate of drug-likeness (QED) is 0.699. The smallest absolute Gasteiger partial charge is 0.273 e. The van der Waals surface area contributed by atoms with Crippen LogP contribution in [0.2, 0.25) is 0 Å². The van der Waals surface area contributed by atoms with Gasteiger partial charge in [-0.3, -0.25) is 14.7 Å². The molecule has 0 radical (unpaired) electrons. The van der Waals surface area contributed by atoms with Crippen LogP contribution in [0.15, 0.2) is 52.1 Å². The molecular weight excluding hydrogens is 273 g/mol. The first-order valence-corrected chi connectivity index (χ1v) is 6.32. The van der Waals surface area contributed by atoms with E-state index in [0.717, 1.165) is 4.68 Å². The Balaban J connectivity index is 2.15. The predicted octanol–water partition coefficient (Wildman–Crippen LogP) is 1.46. The van der Waals surface area contributed by atoms with E-state index in [2.05, 4.69) is 5.10 Å². The van der Waals surface area contributed by atoms with Crippen molar-refractivity contribution in [2.45, 2.75) is 6.54 Å². The molecule has 0 aliphatic rings. The number of H-pyrrole nitrogens is 1. The van der Waals surface area contributed by atoms with E-state index in [1.807, 2.05) is 0 Å². The lowest BCUT2D eigenvalue weighted by atomic mass is 10.2. The van der Waals surface area contributed by atoms with E-state index in [0.29, 0.717) is 16.5 Å². The van der Waals surface area contributed by atoms with Crippen LogP contribution in [0.5, 0.6) is 0 Å². The van der Waals surface area contributed by atoms with Crippen molar-refractivity contribution in [2.24, 2.45) is 0 Å². The Kier molecular flexibility index (Phi) is 3.06. The van der Waals surface area contributed by atoms with Gasteiger partial charge < -0.3 is 5.73 Å². The van der Waals surface area contributed by atoms with Gasteiger partial charge in [-0.2, -0.15) is 0 Å². The Hall–Kier alpha value is -2.89. The third-order valence-electron chi connectivity index (χ3n) is 3.29. The molecule has 0 fully saturated rings. The summed E-state index contributed by atoms with van der Waals surface area (Å²) in [6, 6.07) is 10.7. The van der Waals surface area contributed by atoms with Gasteiger partial charge in [0.15, 0.2) is 0 Å². The molecule has 2 aromatic carbocycles. The zero-order valence-electron chi connectivity index (χ0n) is 11.0. The highest BCUT2D eigenvalue weighted by Crippen LogP contribution is 2.12. The van der Waals surface area contributed by atoms with Gasteiger partial charge in [0.1, 0.15) is 5.82 Å². The second-order valence-electron chi connectivity index (χ2n) is 4.73. The van der Waals surface area contributed by atoms with Gasteiger partial charge >= 0.3 is 0 Å². The molecule has 3 rings (SSSR count). The number of nitrogens with one attached hydrogen (secondary N) is 1. The SMILES string of the molecule is Nc1ccc(Cn2[nH]c(=O)c3ccccc3c2=O)c(F)c1. The lowest BCUT2D eigenvalue weighted by molar-refractivity contribution is 0.572. The minimum Gasteiger partial charge on any atom is -0.399 e. The Morgan fingerprint density at radius 3 is 2.52 bits per heavy atom. The summed E-state index contributed by atoms with van der Waals surface area (Å²) in [6.45, 7) is -0.0645. The molecule has 0 amide bonds. The molecule has 6 heteroatoms. The van der Waals surface area contributed by atoms with Gasteiger partial charge in [-0.25, -0.2) is 9.07 Å². The molecule has 0 aliphatic heterocycles. The molecule has 106 valence electrons. The normalized spacial score (nSPS) is 10.9. The van der Waals surface area contributed by atoms with E-state index >= 15 is 0 Å². The average molecular weight is 285 g/mol. The standard InChI is InChI=1S/C15H12FN3O2/c16-13-7-10(17)6-5-9(13)8-19-15(21)12-4-2-1-3-11(12)14(20)18-19/h1-7H,8,17H2,(H,18,20). The third-order valence-corrected chi connectivity index (χ3v) is 3.29. The molecule has 3 aromatic rings. The van der Waals surface area contributed by atoms with Gasteiger partial charge in [-0.1, -0.05) is 18.2 Å². The number of anilines is 1. The maximum absolute atomic E-state index is 13.8. The second kappa shape index (κ2) is 4.90. The highest BCUT2D eigenvalue weighted by molar-refractivity contribution is 5.80. The highest BCUT2D eigenvalue weighted by Gasteiger charge is 2.09. The number of rotatable bonds is 2. The van der Waals surface area contributed by atoms with Crippen molar-refractivity contribution in [1.82, 2.24) is 9.78 Å². The molecular formula is C15H12FN3O2. The molecule has 0 saturated heterocycles. The van der Waals surface area contributed by atoms with Crippen LogP contribution in [0.4, 0.5) is 10.1 Å². The number of nitrogens with two attached hydrogens (primary N) is 1. The number of fused-ring (bicyclic) bond motifs is 1. The van der Waals surface area contributed by atoms with Crippen molar-refractivity contribution < 1.29 is 4.39 Å². The summed E-state index contributed by atoms with van der Waals surface area (Å²) in [5, 5.41) is 3.08. The summed E-state index contributed by atoms with van der Waals surface area (Å²) in [5.41, 5.74) is 5.30. The average Bonchev–Trinajstić information content (AvgIpc) is 2.47. The first kappa shape index (κ1) is 13.1. The van der Waals surface area contributed by atoms with Crippen molar-refractivity contribution in [1.29, 1.82) is 0 Å². The van der Waals surface area contributed by atoms with Crippen LogP contribution in [0.3, 0.4) is 0 Å². The minimum absolute atomic E-state index is 0.0645. The van der Waals surface area contributed by atoms with E-state index in [9.17, 15) is 14.0 Å². The zero-order chi connectivity index (χ0) is 15.0. The summed E-state index contributed by atoms with van der Waals surface area (Å²) < 4.78 is 14.9. The molecule has 5 nitrogen and oxygen atoms in total. The summed E-state index contributed by atoms with van der Waals surface area (Å²) in [7, 11) is 0. The minimum atomic E-state index is -0.518. The maximum atomic E-state index is 13.8. The zero-order valence-corrected chi connectivity index (χ0v) is 11.0. The van der Waals surface area contributed by atoms with Gasteiger partial charge in [0.2, 0.25) is 0 Å². The number of nitrogen functional groups attached to an aromatic ring is 1. The van der Waals surface area contributed by atoms with Gasteiger partial charge in [0, 0.05) is 11.3 Å². The fourth-order valence-corrected chi connectivity index (χ4v) is 2.22. The Bertz CT molecular complexity index is 944. The largest absolute Gasteiger partial charge is 0.399 e. The molecule has 1 heterocycles. The van der Waals surface area contributed by atoms with Crippen LogP contribution < -0.4 is 16.9 Å². The van der Waals surface area contributed by atoms with Crippen LogP contribution in [0.25, 0.3) is 10.8 Å². The Morgan fingerprint density at radius 2 is 1.81 bits per heavy atom. The summed E-state index contributed by atoms with van der Waals surface area (Å²) in [6.07, 6.45) is 0. The first-order chi connectivity index (χ1) is 10.1. The number of aromatic amines is 1. The summed E-state index contributed by atoms with van der Waals surface area (Å²) >= 11 is 0. The number of aromatic nitrogens is 2. The van der Waals surface area contributed by atoms with E-state index in [4.69, 9.17) is 5.73 Å². The molecule has 0 unspecified atom stereocenters. The van der Waals surface area contributed by atoms with Crippen molar-refractivity contribution in [3.05, 3.63) is 74.6 Å². The Morgan fingerprint density at radius 1 is 1.10 bits per heavy atom. The first-order valence-electron chi connectivity index (χ1n) is 6.32.